The van der Waals surface area contributed by atoms with Gasteiger partial charge in [-0.15, -0.1) is 5.10 Å². The van der Waals surface area contributed by atoms with Crippen LogP contribution in [0.3, 0.4) is 0 Å². The van der Waals surface area contributed by atoms with Crippen LogP contribution in [0.2, 0.25) is 0 Å². The third kappa shape index (κ3) is 2.27. The summed E-state index contributed by atoms with van der Waals surface area (Å²) in [5, 5.41) is 16.6. The Morgan fingerprint density at radius 1 is 1.14 bits per heavy atom. The number of aromatic nitrogens is 3. The summed E-state index contributed by atoms with van der Waals surface area (Å²) in [6, 6.07) is 11.6. The van der Waals surface area contributed by atoms with Gasteiger partial charge >= 0.3 is 0 Å². The van der Waals surface area contributed by atoms with Gasteiger partial charge in [-0.05, 0) is 36.4 Å². The smallest absolute Gasteiger partial charge is 0.156 e. The maximum atomic E-state index is 13.8. The molecule has 108 valence electrons. The quantitative estimate of drug-likeness (QED) is 0.788. The molecule has 0 unspecified atom stereocenters. The van der Waals surface area contributed by atoms with Gasteiger partial charge in [0.25, 0.3) is 0 Å². The number of nitriles is 1. The molecule has 0 amide bonds. The van der Waals surface area contributed by atoms with Gasteiger partial charge in [-0.25, -0.2) is 8.78 Å². The standard InChI is InChI=1S/C15H9F2N5/c16-10-4-5-13(17)12(7-10)14-15(19)22(21-20-14)11-3-1-2-9(6-11)8-18/h1-7H,19H2. The second-order valence-electron chi connectivity index (χ2n) is 4.52. The summed E-state index contributed by atoms with van der Waals surface area (Å²) < 4.78 is 28.4. The van der Waals surface area contributed by atoms with Crippen LogP contribution in [0.1, 0.15) is 5.56 Å². The third-order valence-electron chi connectivity index (χ3n) is 3.11. The van der Waals surface area contributed by atoms with E-state index in [-0.39, 0.29) is 17.1 Å². The summed E-state index contributed by atoms with van der Waals surface area (Å²) >= 11 is 0. The summed E-state index contributed by atoms with van der Waals surface area (Å²) in [6.07, 6.45) is 0. The second kappa shape index (κ2) is 5.26. The molecule has 0 spiro atoms. The molecular formula is C15H9F2N5. The molecule has 0 bridgehead atoms. The summed E-state index contributed by atoms with van der Waals surface area (Å²) in [6.45, 7) is 0. The number of halogens is 2. The molecular weight excluding hydrogens is 288 g/mol. The first-order valence-electron chi connectivity index (χ1n) is 6.27. The molecule has 0 radical (unpaired) electrons. The zero-order valence-corrected chi connectivity index (χ0v) is 11.2. The van der Waals surface area contributed by atoms with Crippen molar-refractivity contribution in [2.45, 2.75) is 0 Å². The molecule has 3 aromatic rings. The van der Waals surface area contributed by atoms with Crippen molar-refractivity contribution in [1.29, 1.82) is 5.26 Å². The minimum absolute atomic E-state index is 0.0411. The Labute approximate surface area is 124 Å². The highest BCUT2D eigenvalue weighted by Gasteiger charge is 2.17. The van der Waals surface area contributed by atoms with E-state index >= 15 is 0 Å². The Hall–Kier alpha value is -3.27. The summed E-state index contributed by atoms with van der Waals surface area (Å²) in [4.78, 5) is 0. The van der Waals surface area contributed by atoms with Crippen molar-refractivity contribution >= 4 is 5.82 Å². The van der Waals surface area contributed by atoms with E-state index in [0.717, 1.165) is 18.2 Å². The van der Waals surface area contributed by atoms with Gasteiger partial charge in [-0.3, -0.25) is 0 Å². The van der Waals surface area contributed by atoms with Crippen LogP contribution in [0, 0.1) is 23.0 Å². The molecule has 0 saturated carbocycles. The molecule has 0 aliphatic rings. The SMILES string of the molecule is N#Cc1cccc(-n2nnc(-c3cc(F)ccc3F)c2N)c1. The highest BCUT2D eigenvalue weighted by atomic mass is 19.1. The van der Waals surface area contributed by atoms with Crippen LogP contribution in [-0.4, -0.2) is 15.0 Å². The number of benzene rings is 2. The molecule has 0 aliphatic carbocycles. The van der Waals surface area contributed by atoms with E-state index in [1.807, 2.05) is 6.07 Å². The van der Waals surface area contributed by atoms with Crippen LogP contribution in [0.4, 0.5) is 14.6 Å². The van der Waals surface area contributed by atoms with Gasteiger partial charge in [0.15, 0.2) is 5.82 Å². The van der Waals surface area contributed by atoms with Crippen molar-refractivity contribution in [3.05, 3.63) is 59.7 Å². The first-order valence-corrected chi connectivity index (χ1v) is 6.27. The first-order chi connectivity index (χ1) is 10.6. The van der Waals surface area contributed by atoms with Gasteiger partial charge in [0.1, 0.15) is 17.3 Å². The van der Waals surface area contributed by atoms with E-state index in [9.17, 15) is 8.78 Å². The van der Waals surface area contributed by atoms with Gasteiger partial charge in [0.05, 0.1) is 17.3 Å². The Morgan fingerprint density at radius 3 is 2.73 bits per heavy atom. The average molecular weight is 297 g/mol. The van der Waals surface area contributed by atoms with Crippen LogP contribution in [0.5, 0.6) is 0 Å². The highest BCUT2D eigenvalue weighted by Crippen LogP contribution is 2.28. The van der Waals surface area contributed by atoms with Crippen molar-refractivity contribution in [2.75, 3.05) is 5.73 Å². The van der Waals surface area contributed by atoms with Crippen molar-refractivity contribution in [2.24, 2.45) is 0 Å². The fourth-order valence-electron chi connectivity index (χ4n) is 2.06. The molecule has 0 atom stereocenters. The molecule has 5 nitrogen and oxygen atoms in total. The summed E-state index contributed by atoms with van der Waals surface area (Å²) in [7, 11) is 0. The molecule has 22 heavy (non-hydrogen) atoms. The van der Waals surface area contributed by atoms with E-state index in [1.54, 1.807) is 24.3 Å². The molecule has 2 aromatic carbocycles. The number of hydrogen-bond acceptors (Lipinski definition) is 4. The van der Waals surface area contributed by atoms with Gasteiger partial charge in [0.2, 0.25) is 0 Å². The van der Waals surface area contributed by atoms with Crippen LogP contribution < -0.4 is 5.73 Å². The lowest BCUT2D eigenvalue weighted by atomic mass is 10.1. The van der Waals surface area contributed by atoms with E-state index in [0.29, 0.717) is 11.3 Å². The molecule has 0 saturated heterocycles. The average Bonchev–Trinajstić information content (AvgIpc) is 2.91. The molecule has 7 heteroatoms. The van der Waals surface area contributed by atoms with Crippen LogP contribution >= 0.6 is 0 Å². The fraction of sp³-hybridized carbons (Fsp3) is 0. The fourth-order valence-corrected chi connectivity index (χ4v) is 2.06. The maximum absolute atomic E-state index is 13.8. The van der Waals surface area contributed by atoms with Crippen LogP contribution in [-0.2, 0) is 0 Å². The van der Waals surface area contributed by atoms with Crippen molar-refractivity contribution in [3.8, 4) is 23.0 Å². The number of nitrogen functional groups attached to an aromatic ring is 1. The van der Waals surface area contributed by atoms with Crippen LogP contribution in [0.25, 0.3) is 16.9 Å². The normalized spacial score (nSPS) is 10.4. The Balaban J connectivity index is 2.13. The van der Waals surface area contributed by atoms with Gasteiger partial charge in [-0.2, -0.15) is 9.94 Å². The predicted octanol–water partition coefficient (Wildman–Crippen LogP) is 2.67. The largest absolute Gasteiger partial charge is 0.382 e. The minimum Gasteiger partial charge on any atom is -0.382 e. The minimum atomic E-state index is -0.647. The van der Waals surface area contributed by atoms with Crippen LogP contribution in [0.15, 0.2) is 42.5 Å². The number of nitrogens with two attached hydrogens (primary N) is 1. The topological polar surface area (TPSA) is 80.5 Å². The zero-order valence-electron chi connectivity index (χ0n) is 11.2. The van der Waals surface area contributed by atoms with E-state index in [2.05, 4.69) is 10.3 Å². The summed E-state index contributed by atoms with van der Waals surface area (Å²) in [5.74, 6) is -1.19. The molecule has 1 heterocycles. The number of nitrogens with zero attached hydrogens (tertiary/aromatic N) is 4. The molecule has 0 aliphatic heterocycles. The molecule has 3 rings (SSSR count). The third-order valence-corrected chi connectivity index (χ3v) is 3.11. The second-order valence-corrected chi connectivity index (χ2v) is 4.52. The highest BCUT2D eigenvalue weighted by molar-refractivity contribution is 5.71. The Morgan fingerprint density at radius 2 is 1.95 bits per heavy atom. The molecule has 2 N–H and O–H groups in total. The lowest BCUT2D eigenvalue weighted by Gasteiger charge is -2.04. The van der Waals surface area contributed by atoms with Crippen molar-refractivity contribution < 1.29 is 8.78 Å². The lowest BCUT2D eigenvalue weighted by molar-refractivity contribution is 0.602. The Kier molecular flexibility index (Phi) is 3.27. The van der Waals surface area contributed by atoms with E-state index in [4.69, 9.17) is 11.0 Å². The van der Waals surface area contributed by atoms with Crippen molar-refractivity contribution in [1.82, 2.24) is 15.0 Å². The molecule has 0 fully saturated rings. The lowest BCUT2D eigenvalue weighted by Crippen LogP contribution is -2.02. The number of anilines is 1. The monoisotopic (exact) mass is 297 g/mol. The Bertz CT molecular complexity index is 895. The van der Waals surface area contributed by atoms with Gasteiger partial charge in [-0.1, -0.05) is 11.3 Å². The first kappa shape index (κ1) is 13.7. The predicted molar refractivity (Wildman–Crippen MR) is 75.8 cm³/mol. The van der Waals surface area contributed by atoms with Gasteiger partial charge in [0, 0.05) is 5.56 Å². The van der Waals surface area contributed by atoms with Gasteiger partial charge < -0.3 is 5.73 Å². The summed E-state index contributed by atoms with van der Waals surface area (Å²) in [5.41, 5.74) is 6.84. The maximum Gasteiger partial charge on any atom is 0.156 e. The van der Waals surface area contributed by atoms with E-state index < -0.39 is 11.6 Å². The van der Waals surface area contributed by atoms with Crippen molar-refractivity contribution in [3.63, 3.8) is 0 Å². The zero-order chi connectivity index (χ0) is 15.7. The number of hydrogen-bond donors (Lipinski definition) is 1. The van der Waals surface area contributed by atoms with E-state index in [1.165, 1.54) is 4.68 Å². The molecule has 1 aromatic heterocycles. The number of rotatable bonds is 2.